The smallest absolute Gasteiger partial charge is 0.243 e. The number of methoxy groups -OCH3 is 1. The van der Waals surface area contributed by atoms with Crippen LogP contribution in [0.25, 0.3) is 0 Å². The number of benzene rings is 1. The van der Waals surface area contributed by atoms with Gasteiger partial charge in [-0.1, -0.05) is 16.8 Å². The fraction of sp³-hybridized carbons (Fsp3) is 0.286. The quantitative estimate of drug-likeness (QED) is 0.888. The third-order valence-electron chi connectivity index (χ3n) is 2.81. The molecule has 0 atom stereocenters. The molecule has 0 aliphatic heterocycles. The van der Waals surface area contributed by atoms with Gasteiger partial charge in [-0.2, -0.15) is 0 Å². The molecule has 112 valence electrons. The third-order valence-corrected chi connectivity index (χ3v) is 3.22. The van der Waals surface area contributed by atoms with Gasteiger partial charge in [-0.25, -0.2) is 0 Å². The predicted molar refractivity (Wildman–Crippen MR) is 81.1 cm³/mol. The largest absolute Gasteiger partial charge is 0.495 e. The summed E-state index contributed by atoms with van der Waals surface area (Å²) in [5.74, 6) is 1.47. The summed E-state index contributed by atoms with van der Waals surface area (Å²) in [6.45, 7) is 3.70. The van der Waals surface area contributed by atoms with Crippen LogP contribution < -0.4 is 15.4 Å². The molecule has 1 aromatic carbocycles. The second-order valence-corrected chi connectivity index (χ2v) is 4.93. The monoisotopic (exact) mass is 309 g/mol. The molecule has 0 fully saturated rings. The molecule has 0 radical (unpaired) electrons. The number of hydrogen-bond acceptors (Lipinski definition) is 5. The Morgan fingerprint density at radius 1 is 1.38 bits per heavy atom. The molecule has 2 aromatic rings. The molecule has 1 aromatic heterocycles. The lowest BCUT2D eigenvalue weighted by Gasteiger charge is -2.12. The number of halogens is 1. The maximum absolute atomic E-state index is 11.9. The SMILES string of the molecule is COc1cc(Cl)c(C)cc1NC(=O)CNc1cc(C)on1. The van der Waals surface area contributed by atoms with E-state index in [-0.39, 0.29) is 12.5 Å². The maximum Gasteiger partial charge on any atom is 0.243 e. The Bertz CT molecular complexity index is 655. The highest BCUT2D eigenvalue weighted by atomic mass is 35.5. The Labute approximate surface area is 127 Å². The number of anilines is 2. The number of hydrogen-bond donors (Lipinski definition) is 2. The van der Waals surface area contributed by atoms with Crippen molar-refractivity contribution in [3.05, 3.63) is 34.5 Å². The van der Waals surface area contributed by atoms with E-state index in [0.29, 0.717) is 28.0 Å². The van der Waals surface area contributed by atoms with Crippen LogP contribution in [0.1, 0.15) is 11.3 Å². The Morgan fingerprint density at radius 2 is 2.14 bits per heavy atom. The van der Waals surface area contributed by atoms with Crippen LogP contribution in [0.4, 0.5) is 11.5 Å². The van der Waals surface area contributed by atoms with Crippen molar-refractivity contribution in [1.29, 1.82) is 0 Å². The molecule has 2 rings (SSSR count). The summed E-state index contributed by atoms with van der Waals surface area (Å²) in [6, 6.07) is 5.14. The van der Waals surface area contributed by atoms with E-state index < -0.39 is 0 Å². The number of carbonyl (C=O) groups excluding carboxylic acids is 1. The molecule has 0 saturated carbocycles. The summed E-state index contributed by atoms with van der Waals surface area (Å²) in [5, 5.41) is 9.96. The predicted octanol–water partition coefficient (Wildman–Crippen LogP) is 3.00. The summed E-state index contributed by atoms with van der Waals surface area (Å²) in [5.41, 5.74) is 1.43. The summed E-state index contributed by atoms with van der Waals surface area (Å²) in [4.78, 5) is 11.9. The van der Waals surface area contributed by atoms with Crippen molar-refractivity contribution in [3.8, 4) is 5.75 Å². The molecule has 7 heteroatoms. The number of carbonyl (C=O) groups is 1. The third kappa shape index (κ3) is 3.88. The second kappa shape index (κ2) is 6.49. The van der Waals surface area contributed by atoms with Crippen LogP contribution in [0.2, 0.25) is 5.02 Å². The van der Waals surface area contributed by atoms with Crippen LogP contribution in [0.5, 0.6) is 5.75 Å². The van der Waals surface area contributed by atoms with Gasteiger partial charge in [-0.15, -0.1) is 0 Å². The van der Waals surface area contributed by atoms with Crippen LogP contribution in [0.15, 0.2) is 22.7 Å². The molecule has 6 nitrogen and oxygen atoms in total. The topological polar surface area (TPSA) is 76.4 Å². The van der Waals surface area contributed by atoms with Crippen LogP contribution in [-0.4, -0.2) is 24.7 Å². The highest BCUT2D eigenvalue weighted by Gasteiger charge is 2.11. The minimum absolute atomic E-state index is 0.0663. The molecule has 0 unspecified atom stereocenters. The fourth-order valence-electron chi connectivity index (χ4n) is 1.74. The number of aromatic nitrogens is 1. The first-order valence-electron chi connectivity index (χ1n) is 6.30. The highest BCUT2D eigenvalue weighted by Crippen LogP contribution is 2.30. The van der Waals surface area contributed by atoms with Gasteiger partial charge in [0.05, 0.1) is 19.3 Å². The molecule has 0 aliphatic rings. The Balaban J connectivity index is 2.00. The second-order valence-electron chi connectivity index (χ2n) is 4.53. The van der Waals surface area contributed by atoms with Crippen molar-refractivity contribution < 1.29 is 14.1 Å². The number of aryl methyl sites for hydroxylation is 2. The van der Waals surface area contributed by atoms with Gasteiger partial charge in [-0.3, -0.25) is 4.79 Å². The van der Waals surface area contributed by atoms with Gasteiger partial charge in [0.15, 0.2) is 5.82 Å². The highest BCUT2D eigenvalue weighted by molar-refractivity contribution is 6.31. The summed E-state index contributed by atoms with van der Waals surface area (Å²) in [6.07, 6.45) is 0. The van der Waals surface area contributed by atoms with Crippen LogP contribution in [-0.2, 0) is 4.79 Å². The molecule has 0 bridgehead atoms. The van der Waals surface area contributed by atoms with Gasteiger partial charge in [0.1, 0.15) is 11.5 Å². The van der Waals surface area contributed by atoms with Crippen molar-refractivity contribution in [1.82, 2.24) is 5.16 Å². The van der Waals surface area contributed by atoms with Crippen molar-refractivity contribution in [2.45, 2.75) is 13.8 Å². The molecule has 0 aliphatic carbocycles. The van der Waals surface area contributed by atoms with E-state index in [2.05, 4.69) is 15.8 Å². The van der Waals surface area contributed by atoms with E-state index >= 15 is 0 Å². The van der Waals surface area contributed by atoms with Crippen molar-refractivity contribution in [3.63, 3.8) is 0 Å². The number of amides is 1. The van der Waals surface area contributed by atoms with Gasteiger partial charge in [0, 0.05) is 17.2 Å². The maximum atomic E-state index is 11.9. The number of rotatable bonds is 5. The Hall–Kier alpha value is -2.21. The van der Waals surface area contributed by atoms with E-state index in [1.165, 1.54) is 7.11 Å². The zero-order valence-electron chi connectivity index (χ0n) is 12.0. The first kappa shape index (κ1) is 15.2. The molecular formula is C14H16ClN3O3. The van der Waals surface area contributed by atoms with Crippen LogP contribution in [0.3, 0.4) is 0 Å². The van der Waals surface area contributed by atoms with Gasteiger partial charge in [0.2, 0.25) is 5.91 Å². The van der Waals surface area contributed by atoms with Gasteiger partial charge in [0.25, 0.3) is 0 Å². The van der Waals surface area contributed by atoms with Crippen LogP contribution >= 0.6 is 11.6 Å². The molecule has 2 N–H and O–H groups in total. The number of nitrogens with zero attached hydrogens (tertiary/aromatic N) is 1. The summed E-state index contributed by atoms with van der Waals surface area (Å²) >= 11 is 6.02. The number of ether oxygens (including phenoxy) is 1. The molecular weight excluding hydrogens is 294 g/mol. The molecule has 1 amide bonds. The van der Waals surface area contributed by atoms with Crippen molar-refractivity contribution >= 4 is 29.0 Å². The Kier molecular flexibility index (Phi) is 4.70. The van der Waals surface area contributed by atoms with E-state index in [1.54, 1.807) is 25.1 Å². The summed E-state index contributed by atoms with van der Waals surface area (Å²) < 4.78 is 10.1. The van der Waals surface area contributed by atoms with Crippen LogP contribution in [0, 0.1) is 13.8 Å². The average molecular weight is 310 g/mol. The normalized spacial score (nSPS) is 10.3. The Morgan fingerprint density at radius 3 is 2.76 bits per heavy atom. The lowest BCUT2D eigenvalue weighted by Crippen LogP contribution is -2.22. The van der Waals surface area contributed by atoms with Gasteiger partial charge in [-0.05, 0) is 25.5 Å². The van der Waals surface area contributed by atoms with Gasteiger partial charge >= 0.3 is 0 Å². The fourth-order valence-corrected chi connectivity index (χ4v) is 1.90. The molecule has 0 spiro atoms. The van der Waals surface area contributed by atoms with Crippen molar-refractivity contribution in [2.75, 3.05) is 24.3 Å². The lowest BCUT2D eigenvalue weighted by atomic mass is 10.2. The first-order valence-corrected chi connectivity index (χ1v) is 6.68. The van der Waals surface area contributed by atoms with E-state index in [4.69, 9.17) is 20.9 Å². The lowest BCUT2D eigenvalue weighted by molar-refractivity contribution is -0.114. The summed E-state index contributed by atoms with van der Waals surface area (Å²) in [7, 11) is 1.52. The zero-order valence-corrected chi connectivity index (χ0v) is 12.7. The minimum Gasteiger partial charge on any atom is -0.495 e. The first-order chi connectivity index (χ1) is 9.99. The standard InChI is InChI=1S/C14H16ClN3O3/c1-8-4-11(12(20-3)6-10(8)15)17-14(19)7-16-13-5-9(2)21-18-13/h4-6H,7H2,1-3H3,(H,16,18)(H,17,19). The minimum atomic E-state index is -0.226. The van der Waals surface area contributed by atoms with E-state index in [0.717, 1.165) is 5.56 Å². The average Bonchev–Trinajstić information content (AvgIpc) is 2.86. The van der Waals surface area contributed by atoms with Gasteiger partial charge < -0.3 is 19.9 Å². The molecule has 21 heavy (non-hydrogen) atoms. The van der Waals surface area contributed by atoms with E-state index in [1.807, 2.05) is 6.92 Å². The number of nitrogens with one attached hydrogen (secondary N) is 2. The van der Waals surface area contributed by atoms with Crippen molar-refractivity contribution in [2.24, 2.45) is 0 Å². The van der Waals surface area contributed by atoms with E-state index in [9.17, 15) is 4.79 Å². The zero-order chi connectivity index (χ0) is 15.4. The molecule has 0 saturated heterocycles. The molecule has 1 heterocycles.